The van der Waals surface area contributed by atoms with Crippen molar-refractivity contribution in [3.8, 4) is 0 Å². The molecule has 0 bridgehead atoms. The van der Waals surface area contributed by atoms with Gasteiger partial charge in [0.2, 0.25) is 5.91 Å². The summed E-state index contributed by atoms with van der Waals surface area (Å²) in [5.74, 6) is 5.95. The maximum absolute atomic E-state index is 10.6. The van der Waals surface area contributed by atoms with E-state index in [1.165, 1.54) is 6.33 Å². The molecule has 82 valence electrons. The smallest absolute Gasteiger partial charge is 0.236 e. The number of hydrazine groups is 1. The molecule has 0 unspecified atom stereocenters. The number of anilines is 2. The van der Waals surface area contributed by atoms with Crippen LogP contribution in [-0.2, 0) is 11.2 Å². The Kier molecular flexibility index (Phi) is 3.81. The quantitative estimate of drug-likeness (QED) is 0.374. The molecule has 0 aliphatic heterocycles. The monoisotopic (exact) mass is 210 g/mol. The van der Waals surface area contributed by atoms with Gasteiger partial charge in [-0.05, 0) is 6.42 Å². The maximum Gasteiger partial charge on any atom is 0.236 e. The second-order valence-corrected chi connectivity index (χ2v) is 2.87. The van der Waals surface area contributed by atoms with E-state index in [1.54, 1.807) is 0 Å². The SMILES string of the molecule is CCc1c(NN)ncnc1NCC(N)=O. The maximum atomic E-state index is 10.6. The molecule has 7 heteroatoms. The Morgan fingerprint density at radius 1 is 1.47 bits per heavy atom. The Balaban J connectivity index is 2.90. The zero-order valence-electron chi connectivity index (χ0n) is 8.45. The number of nitrogens with zero attached hydrogens (tertiary/aromatic N) is 2. The normalized spacial score (nSPS) is 9.73. The second-order valence-electron chi connectivity index (χ2n) is 2.87. The number of nitrogens with one attached hydrogen (secondary N) is 2. The summed E-state index contributed by atoms with van der Waals surface area (Å²) in [4.78, 5) is 18.6. The van der Waals surface area contributed by atoms with Crippen LogP contribution >= 0.6 is 0 Å². The van der Waals surface area contributed by atoms with Crippen molar-refractivity contribution in [3.05, 3.63) is 11.9 Å². The van der Waals surface area contributed by atoms with Gasteiger partial charge in [0.1, 0.15) is 18.0 Å². The first-order valence-corrected chi connectivity index (χ1v) is 4.51. The number of carbonyl (C=O) groups excluding carboxylic acids is 1. The predicted octanol–water partition coefficient (Wildman–Crippen LogP) is -0.778. The molecule has 0 saturated heterocycles. The van der Waals surface area contributed by atoms with Crippen LogP contribution in [0.15, 0.2) is 6.33 Å². The Hall–Kier alpha value is -1.89. The molecular weight excluding hydrogens is 196 g/mol. The first-order chi connectivity index (χ1) is 7.19. The van der Waals surface area contributed by atoms with Gasteiger partial charge in [-0.15, -0.1) is 0 Å². The first kappa shape index (κ1) is 11.2. The van der Waals surface area contributed by atoms with Gasteiger partial charge in [-0.1, -0.05) is 6.92 Å². The van der Waals surface area contributed by atoms with Crippen molar-refractivity contribution in [2.75, 3.05) is 17.3 Å². The van der Waals surface area contributed by atoms with E-state index in [2.05, 4.69) is 20.7 Å². The van der Waals surface area contributed by atoms with Crippen molar-refractivity contribution >= 4 is 17.5 Å². The van der Waals surface area contributed by atoms with Gasteiger partial charge in [0.05, 0.1) is 6.54 Å². The zero-order chi connectivity index (χ0) is 11.3. The van der Waals surface area contributed by atoms with Crippen molar-refractivity contribution in [2.24, 2.45) is 11.6 Å². The molecule has 0 radical (unpaired) electrons. The fraction of sp³-hybridized carbons (Fsp3) is 0.375. The van der Waals surface area contributed by atoms with Crippen LogP contribution in [0.25, 0.3) is 0 Å². The number of hydrogen-bond donors (Lipinski definition) is 4. The molecule has 0 atom stereocenters. The van der Waals surface area contributed by atoms with E-state index in [0.29, 0.717) is 18.1 Å². The zero-order valence-corrected chi connectivity index (χ0v) is 8.45. The Labute approximate surface area is 87.2 Å². The van der Waals surface area contributed by atoms with Gasteiger partial charge in [-0.25, -0.2) is 15.8 Å². The molecule has 1 rings (SSSR count). The molecule has 6 N–H and O–H groups in total. The Morgan fingerprint density at radius 3 is 2.67 bits per heavy atom. The second kappa shape index (κ2) is 5.11. The number of amides is 1. The number of rotatable bonds is 5. The van der Waals surface area contributed by atoms with E-state index < -0.39 is 5.91 Å². The van der Waals surface area contributed by atoms with Gasteiger partial charge in [-0.3, -0.25) is 4.79 Å². The predicted molar refractivity (Wildman–Crippen MR) is 56.9 cm³/mol. The molecule has 7 nitrogen and oxygen atoms in total. The molecule has 0 aliphatic rings. The van der Waals surface area contributed by atoms with Gasteiger partial charge in [0, 0.05) is 5.56 Å². The van der Waals surface area contributed by atoms with Crippen LogP contribution in [0.3, 0.4) is 0 Å². The van der Waals surface area contributed by atoms with Crippen LogP contribution in [0.4, 0.5) is 11.6 Å². The van der Waals surface area contributed by atoms with Crippen LogP contribution < -0.4 is 22.3 Å². The number of nitrogen functional groups attached to an aromatic ring is 1. The molecule has 1 aromatic rings. The number of nitrogens with two attached hydrogens (primary N) is 2. The van der Waals surface area contributed by atoms with Crippen LogP contribution in [0.1, 0.15) is 12.5 Å². The van der Waals surface area contributed by atoms with Crippen molar-refractivity contribution in [3.63, 3.8) is 0 Å². The Bertz CT molecular complexity index is 353. The molecule has 0 fully saturated rings. The van der Waals surface area contributed by atoms with E-state index in [4.69, 9.17) is 11.6 Å². The van der Waals surface area contributed by atoms with E-state index >= 15 is 0 Å². The summed E-state index contributed by atoms with van der Waals surface area (Å²) in [6.07, 6.45) is 2.05. The molecule has 1 aromatic heterocycles. The van der Waals surface area contributed by atoms with Crippen molar-refractivity contribution < 1.29 is 4.79 Å². The van der Waals surface area contributed by atoms with Crippen molar-refractivity contribution in [1.29, 1.82) is 0 Å². The highest BCUT2D eigenvalue weighted by Crippen LogP contribution is 2.18. The van der Waals surface area contributed by atoms with Crippen LogP contribution in [0.5, 0.6) is 0 Å². The average molecular weight is 210 g/mol. The van der Waals surface area contributed by atoms with E-state index in [-0.39, 0.29) is 6.54 Å². The fourth-order valence-electron chi connectivity index (χ4n) is 1.19. The minimum absolute atomic E-state index is 0.0357. The van der Waals surface area contributed by atoms with E-state index in [9.17, 15) is 4.79 Å². The lowest BCUT2D eigenvalue weighted by atomic mass is 10.2. The third-order valence-electron chi connectivity index (χ3n) is 1.87. The van der Waals surface area contributed by atoms with Gasteiger partial charge >= 0.3 is 0 Å². The van der Waals surface area contributed by atoms with Gasteiger partial charge in [0.15, 0.2) is 0 Å². The largest absolute Gasteiger partial charge is 0.368 e. The first-order valence-electron chi connectivity index (χ1n) is 4.51. The van der Waals surface area contributed by atoms with Crippen LogP contribution in [0, 0.1) is 0 Å². The highest BCUT2D eigenvalue weighted by atomic mass is 16.1. The lowest BCUT2D eigenvalue weighted by Crippen LogP contribution is -2.23. The Morgan fingerprint density at radius 2 is 2.13 bits per heavy atom. The molecule has 1 heterocycles. The number of carbonyl (C=O) groups is 1. The number of primary amides is 1. The van der Waals surface area contributed by atoms with E-state index in [1.807, 2.05) is 6.92 Å². The lowest BCUT2D eigenvalue weighted by molar-refractivity contribution is -0.116. The average Bonchev–Trinajstić information content (AvgIpc) is 2.25. The lowest BCUT2D eigenvalue weighted by Gasteiger charge is -2.11. The van der Waals surface area contributed by atoms with Crippen molar-refractivity contribution in [2.45, 2.75) is 13.3 Å². The molecule has 0 spiro atoms. The summed E-state index contributed by atoms with van der Waals surface area (Å²) in [5.41, 5.74) is 8.31. The number of aromatic nitrogens is 2. The highest BCUT2D eigenvalue weighted by molar-refractivity contribution is 5.79. The molecule has 15 heavy (non-hydrogen) atoms. The third kappa shape index (κ3) is 2.78. The minimum atomic E-state index is -0.446. The summed E-state index contributed by atoms with van der Waals surface area (Å²) in [5, 5.41) is 2.82. The van der Waals surface area contributed by atoms with Crippen LogP contribution in [-0.4, -0.2) is 22.4 Å². The van der Waals surface area contributed by atoms with Crippen LogP contribution in [0.2, 0.25) is 0 Å². The molecule has 0 saturated carbocycles. The van der Waals surface area contributed by atoms with Gasteiger partial charge in [-0.2, -0.15) is 0 Å². The minimum Gasteiger partial charge on any atom is -0.368 e. The summed E-state index contributed by atoms with van der Waals surface area (Å²) in [7, 11) is 0. The van der Waals surface area contributed by atoms with Gasteiger partial charge in [0.25, 0.3) is 0 Å². The molecule has 0 aliphatic carbocycles. The summed E-state index contributed by atoms with van der Waals surface area (Å²) >= 11 is 0. The number of hydrogen-bond acceptors (Lipinski definition) is 6. The summed E-state index contributed by atoms with van der Waals surface area (Å²) in [6, 6.07) is 0. The summed E-state index contributed by atoms with van der Waals surface area (Å²) in [6.45, 7) is 1.98. The van der Waals surface area contributed by atoms with Crippen molar-refractivity contribution in [1.82, 2.24) is 9.97 Å². The molecule has 0 aromatic carbocycles. The topological polar surface area (TPSA) is 119 Å². The standard InChI is InChI=1S/C8H14N6O/c1-2-5-7(11-3-6(9)15)12-4-13-8(5)14-10/h4H,2-3,10H2,1H3,(H2,9,15)(H2,11,12,13,14). The third-order valence-corrected chi connectivity index (χ3v) is 1.87. The summed E-state index contributed by atoms with van der Waals surface area (Å²) < 4.78 is 0. The molecular formula is C8H14N6O. The molecule has 1 amide bonds. The highest BCUT2D eigenvalue weighted by Gasteiger charge is 2.08. The fourth-order valence-corrected chi connectivity index (χ4v) is 1.19. The van der Waals surface area contributed by atoms with Gasteiger partial charge < -0.3 is 16.5 Å². The van der Waals surface area contributed by atoms with E-state index in [0.717, 1.165) is 5.56 Å².